The molecule has 0 fully saturated rings. The Morgan fingerprint density at radius 2 is 2.11 bits per heavy atom. The van der Waals surface area contributed by atoms with Gasteiger partial charge < -0.3 is 5.73 Å². The van der Waals surface area contributed by atoms with E-state index in [9.17, 15) is 5.26 Å². The largest absolute Gasteiger partial charge is 0.397 e. The summed E-state index contributed by atoms with van der Waals surface area (Å²) in [5, 5.41) is 11.7. The summed E-state index contributed by atoms with van der Waals surface area (Å²) < 4.78 is 0.757. The van der Waals surface area contributed by atoms with E-state index in [2.05, 4.69) is 22.0 Å². The van der Waals surface area contributed by atoms with Crippen molar-refractivity contribution in [2.75, 3.05) is 0 Å². The van der Waals surface area contributed by atoms with Crippen molar-refractivity contribution in [1.82, 2.24) is 0 Å². The van der Waals surface area contributed by atoms with Crippen LogP contribution in [0.25, 0.3) is 11.3 Å². The van der Waals surface area contributed by atoms with Crippen LogP contribution < -0.4 is 5.73 Å². The van der Waals surface area contributed by atoms with E-state index in [1.807, 2.05) is 29.6 Å². The maximum absolute atomic E-state index is 9.25. The molecule has 0 bridgehead atoms. The van der Waals surface area contributed by atoms with Crippen molar-refractivity contribution >= 4 is 50.1 Å². The van der Waals surface area contributed by atoms with Crippen molar-refractivity contribution in [1.29, 1.82) is 5.26 Å². The van der Waals surface area contributed by atoms with Gasteiger partial charge in [-0.05, 0) is 33.4 Å². The van der Waals surface area contributed by atoms with Gasteiger partial charge in [0.05, 0.1) is 16.3 Å². The summed E-state index contributed by atoms with van der Waals surface area (Å²) in [6.45, 7) is 0. The van der Waals surface area contributed by atoms with Crippen molar-refractivity contribution in [3.05, 3.63) is 55.6 Å². The molecule has 0 atom stereocenters. The molecule has 18 heavy (non-hydrogen) atoms. The number of nitrogens with two attached hydrogens (primary N) is 1. The maximum atomic E-state index is 9.25. The molecule has 1 heterocycles. The number of hydrogen-bond donors (Lipinski definition) is 1. The Morgan fingerprint density at radius 1 is 1.33 bits per heavy atom. The van der Waals surface area contributed by atoms with Crippen LogP contribution in [0.2, 0.25) is 5.02 Å². The maximum Gasteiger partial charge on any atom is 0.103 e. The minimum absolute atomic E-state index is 0.395. The van der Waals surface area contributed by atoms with Gasteiger partial charge in [0, 0.05) is 14.9 Å². The van der Waals surface area contributed by atoms with Crippen LogP contribution in [-0.2, 0) is 0 Å². The number of thiophene rings is 1. The van der Waals surface area contributed by atoms with Crippen molar-refractivity contribution in [2.45, 2.75) is 0 Å². The predicted octanol–water partition coefficient (Wildman–Crippen LogP) is 4.51. The summed E-state index contributed by atoms with van der Waals surface area (Å²) in [5.41, 5.74) is 7.58. The molecular weight excluding hydrogens is 332 g/mol. The second kappa shape index (κ2) is 5.57. The van der Waals surface area contributed by atoms with Crippen molar-refractivity contribution in [3.8, 4) is 6.07 Å². The first-order valence-electron chi connectivity index (χ1n) is 5.03. The van der Waals surface area contributed by atoms with Gasteiger partial charge in [-0.15, -0.1) is 11.3 Å². The fraction of sp³-hybridized carbons (Fsp3) is 0. The zero-order chi connectivity index (χ0) is 13.1. The molecule has 0 unspecified atom stereocenters. The van der Waals surface area contributed by atoms with Crippen LogP contribution >= 0.6 is 38.9 Å². The Labute approximate surface area is 122 Å². The van der Waals surface area contributed by atoms with Gasteiger partial charge >= 0.3 is 0 Å². The van der Waals surface area contributed by atoms with Gasteiger partial charge in [-0.3, -0.25) is 0 Å². The van der Waals surface area contributed by atoms with Gasteiger partial charge in [-0.1, -0.05) is 29.8 Å². The third-order valence-corrected chi connectivity index (χ3v) is 4.57. The van der Waals surface area contributed by atoms with Crippen molar-refractivity contribution < 1.29 is 0 Å². The molecule has 0 saturated heterocycles. The van der Waals surface area contributed by atoms with E-state index < -0.39 is 0 Å². The first-order chi connectivity index (χ1) is 8.65. The lowest BCUT2D eigenvalue weighted by atomic mass is 10.1. The molecule has 0 aliphatic carbocycles. The lowest BCUT2D eigenvalue weighted by Gasteiger charge is -2.08. The Balaban J connectivity index is 2.62. The first-order valence-corrected chi connectivity index (χ1v) is 7.08. The summed E-state index contributed by atoms with van der Waals surface area (Å²) in [4.78, 5) is 0.839. The van der Waals surface area contributed by atoms with E-state index in [1.54, 1.807) is 6.07 Å². The summed E-state index contributed by atoms with van der Waals surface area (Å²) in [5.74, 6) is 0. The SMILES string of the molecule is N#C/C(=C(/N)c1cccc(Br)c1Cl)c1cccs1. The summed E-state index contributed by atoms with van der Waals surface area (Å²) >= 11 is 11.0. The molecule has 2 rings (SSSR count). The normalized spacial score (nSPS) is 11.8. The topological polar surface area (TPSA) is 49.8 Å². The van der Waals surface area contributed by atoms with E-state index in [1.165, 1.54) is 11.3 Å². The number of allylic oxidation sites excluding steroid dienone is 1. The fourth-order valence-electron chi connectivity index (χ4n) is 1.52. The van der Waals surface area contributed by atoms with E-state index in [0.29, 0.717) is 21.9 Å². The number of halogens is 2. The van der Waals surface area contributed by atoms with Gasteiger partial charge in [-0.25, -0.2) is 0 Å². The Kier molecular flexibility index (Phi) is 4.07. The molecule has 5 heteroatoms. The second-order valence-corrected chi connectivity index (χ2v) is 5.66. The molecule has 0 amide bonds. The summed E-state index contributed by atoms with van der Waals surface area (Å²) in [6, 6.07) is 11.3. The lowest BCUT2D eigenvalue weighted by molar-refractivity contribution is 1.48. The number of nitrogens with zero attached hydrogens (tertiary/aromatic N) is 1. The van der Waals surface area contributed by atoms with Gasteiger partial charge in [0.25, 0.3) is 0 Å². The summed E-state index contributed by atoms with van der Waals surface area (Å²) in [6.07, 6.45) is 0. The Morgan fingerprint density at radius 3 is 2.72 bits per heavy atom. The van der Waals surface area contributed by atoms with Crippen LogP contribution in [0.15, 0.2) is 40.2 Å². The third kappa shape index (κ3) is 2.44. The number of hydrogen-bond acceptors (Lipinski definition) is 3. The highest BCUT2D eigenvalue weighted by molar-refractivity contribution is 9.10. The molecule has 1 aromatic carbocycles. The van der Waals surface area contributed by atoms with E-state index in [-0.39, 0.29) is 0 Å². The Hall–Kier alpha value is -1.28. The average molecular weight is 340 g/mol. The average Bonchev–Trinajstić information content (AvgIpc) is 2.87. The van der Waals surface area contributed by atoms with Crippen LogP contribution in [0.1, 0.15) is 10.4 Å². The monoisotopic (exact) mass is 338 g/mol. The van der Waals surface area contributed by atoms with Gasteiger partial charge in [0.1, 0.15) is 6.07 Å². The molecule has 0 aliphatic heterocycles. The predicted molar refractivity (Wildman–Crippen MR) is 80.1 cm³/mol. The van der Waals surface area contributed by atoms with Crippen LogP contribution in [-0.4, -0.2) is 0 Å². The Bertz CT molecular complexity index is 642. The fourth-order valence-corrected chi connectivity index (χ4v) is 2.84. The molecule has 2 aromatic rings. The molecule has 2 N–H and O–H groups in total. The zero-order valence-corrected chi connectivity index (χ0v) is 12.3. The molecule has 0 saturated carbocycles. The van der Waals surface area contributed by atoms with Crippen molar-refractivity contribution in [3.63, 3.8) is 0 Å². The number of rotatable bonds is 2. The van der Waals surface area contributed by atoms with Crippen LogP contribution in [0.3, 0.4) is 0 Å². The van der Waals surface area contributed by atoms with Crippen LogP contribution in [0.5, 0.6) is 0 Å². The molecular formula is C13H8BrClN2S. The zero-order valence-electron chi connectivity index (χ0n) is 9.15. The second-order valence-electron chi connectivity index (χ2n) is 3.48. The van der Waals surface area contributed by atoms with Crippen LogP contribution in [0, 0.1) is 11.3 Å². The minimum atomic E-state index is 0.395. The van der Waals surface area contributed by atoms with Gasteiger partial charge in [0.2, 0.25) is 0 Å². The third-order valence-electron chi connectivity index (χ3n) is 2.39. The highest BCUT2D eigenvalue weighted by Crippen LogP contribution is 2.33. The van der Waals surface area contributed by atoms with Crippen LogP contribution in [0.4, 0.5) is 0 Å². The van der Waals surface area contributed by atoms with E-state index in [4.69, 9.17) is 17.3 Å². The van der Waals surface area contributed by atoms with Crippen molar-refractivity contribution in [2.24, 2.45) is 5.73 Å². The minimum Gasteiger partial charge on any atom is -0.397 e. The highest BCUT2D eigenvalue weighted by Gasteiger charge is 2.13. The standard InChI is InChI=1S/C13H8BrClN2S/c14-10-4-1-3-8(12(10)15)13(17)9(7-16)11-5-2-6-18-11/h1-6H,17H2/b13-9-. The molecule has 0 spiro atoms. The molecule has 0 aliphatic rings. The van der Waals surface area contributed by atoms with E-state index in [0.717, 1.165) is 9.35 Å². The molecule has 1 aromatic heterocycles. The summed E-state index contributed by atoms with van der Waals surface area (Å²) in [7, 11) is 0. The number of nitriles is 1. The lowest BCUT2D eigenvalue weighted by Crippen LogP contribution is -2.01. The quantitative estimate of drug-likeness (QED) is 0.818. The first kappa shape index (κ1) is 13.2. The molecule has 0 radical (unpaired) electrons. The van der Waals surface area contributed by atoms with Gasteiger partial charge in [0.15, 0.2) is 0 Å². The molecule has 2 nitrogen and oxygen atoms in total. The smallest absolute Gasteiger partial charge is 0.103 e. The van der Waals surface area contributed by atoms with E-state index >= 15 is 0 Å². The number of benzene rings is 1. The highest BCUT2D eigenvalue weighted by atomic mass is 79.9. The molecule has 90 valence electrons. The van der Waals surface area contributed by atoms with Gasteiger partial charge in [-0.2, -0.15) is 5.26 Å².